The van der Waals surface area contributed by atoms with Gasteiger partial charge in [-0.2, -0.15) is 0 Å². The standard InChI is InChI=1S/C17H21N3O3S/c1-3-23-17(22)14-18-15(21)13-11-6-9-4-5-20(2)8-10(9)7-12(11)24-16(13)19-14/h9-10H,3-8H2,1-2H3,(H,18,19,21). The van der Waals surface area contributed by atoms with E-state index < -0.39 is 5.97 Å². The Kier molecular flexibility index (Phi) is 3.92. The van der Waals surface area contributed by atoms with Crippen LogP contribution in [0.25, 0.3) is 10.2 Å². The number of nitrogens with one attached hydrogen (secondary N) is 1. The van der Waals surface area contributed by atoms with E-state index in [9.17, 15) is 9.59 Å². The zero-order valence-corrected chi connectivity index (χ0v) is 14.7. The zero-order chi connectivity index (χ0) is 16.8. The van der Waals surface area contributed by atoms with E-state index in [4.69, 9.17) is 4.74 Å². The topological polar surface area (TPSA) is 75.3 Å². The Balaban J connectivity index is 1.76. The summed E-state index contributed by atoms with van der Waals surface area (Å²) in [5.41, 5.74) is 0.942. The SMILES string of the molecule is CCOC(=O)c1nc2sc3c(c2c(=O)[nH]1)CC1CCN(C)CC1C3. The molecule has 7 heteroatoms. The molecule has 0 saturated carbocycles. The number of rotatable bonds is 2. The number of carbonyl (C=O) groups excluding carboxylic acids is 1. The molecule has 2 atom stereocenters. The number of H-pyrrole nitrogens is 1. The smallest absolute Gasteiger partial charge is 0.374 e. The first kappa shape index (κ1) is 15.8. The zero-order valence-electron chi connectivity index (χ0n) is 13.9. The number of piperidine rings is 1. The highest BCUT2D eigenvalue weighted by atomic mass is 32.1. The lowest BCUT2D eigenvalue weighted by Gasteiger charge is -2.39. The van der Waals surface area contributed by atoms with Crippen LogP contribution in [-0.2, 0) is 17.6 Å². The molecular weight excluding hydrogens is 326 g/mol. The summed E-state index contributed by atoms with van der Waals surface area (Å²) in [6, 6.07) is 0. The summed E-state index contributed by atoms with van der Waals surface area (Å²) < 4.78 is 4.95. The number of thiophene rings is 1. The van der Waals surface area contributed by atoms with E-state index in [2.05, 4.69) is 21.9 Å². The molecule has 2 aliphatic rings. The van der Waals surface area contributed by atoms with E-state index in [0.29, 0.717) is 22.1 Å². The highest BCUT2D eigenvalue weighted by molar-refractivity contribution is 7.18. The van der Waals surface area contributed by atoms with Crippen molar-refractivity contribution >= 4 is 27.5 Å². The minimum Gasteiger partial charge on any atom is -0.460 e. The Bertz CT molecular complexity index is 857. The molecule has 1 N–H and O–H groups in total. The molecule has 0 spiro atoms. The van der Waals surface area contributed by atoms with E-state index in [0.717, 1.165) is 31.5 Å². The molecule has 6 nitrogen and oxygen atoms in total. The van der Waals surface area contributed by atoms with Gasteiger partial charge in [0.15, 0.2) is 0 Å². The van der Waals surface area contributed by atoms with Crippen LogP contribution in [0.4, 0.5) is 0 Å². The molecule has 1 saturated heterocycles. The van der Waals surface area contributed by atoms with Gasteiger partial charge < -0.3 is 14.6 Å². The fourth-order valence-electron chi connectivity index (χ4n) is 4.05. The number of hydrogen-bond acceptors (Lipinski definition) is 6. The highest BCUT2D eigenvalue weighted by Crippen LogP contribution is 2.41. The van der Waals surface area contributed by atoms with Gasteiger partial charge in [-0.3, -0.25) is 4.79 Å². The van der Waals surface area contributed by atoms with Crippen molar-refractivity contribution in [1.82, 2.24) is 14.9 Å². The Morgan fingerprint density at radius 2 is 2.25 bits per heavy atom. The largest absolute Gasteiger partial charge is 0.460 e. The van der Waals surface area contributed by atoms with Crippen molar-refractivity contribution in [1.29, 1.82) is 0 Å². The van der Waals surface area contributed by atoms with E-state index in [1.807, 2.05) is 0 Å². The molecule has 128 valence electrons. The molecule has 2 aromatic rings. The average Bonchev–Trinajstić information content (AvgIpc) is 2.90. The van der Waals surface area contributed by atoms with Crippen molar-refractivity contribution in [3.63, 3.8) is 0 Å². The van der Waals surface area contributed by atoms with Crippen LogP contribution in [0.5, 0.6) is 0 Å². The molecule has 1 aliphatic heterocycles. The fraction of sp³-hybridized carbons (Fsp3) is 0.588. The van der Waals surface area contributed by atoms with Crippen molar-refractivity contribution in [2.24, 2.45) is 11.8 Å². The van der Waals surface area contributed by atoms with Gasteiger partial charge in [-0.15, -0.1) is 11.3 Å². The Hall–Kier alpha value is -1.73. The summed E-state index contributed by atoms with van der Waals surface area (Å²) in [5.74, 6) is 0.742. The predicted octanol–water partition coefficient (Wildman–Crippen LogP) is 1.83. The first-order valence-electron chi connectivity index (χ1n) is 8.47. The van der Waals surface area contributed by atoms with Gasteiger partial charge in [0.25, 0.3) is 5.56 Å². The maximum Gasteiger partial charge on any atom is 0.374 e. The number of aromatic nitrogens is 2. The van der Waals surface area contributed by atoms with Crippen LogP contribution in [0.15, 0.2) is 4.79 Å². The monoisotopic (exact) mass is 347 g/mol. The summed E-state index contributed by atoms with van der Waals surface area (Å²) in [7, 11) is 2.18. The number of carbonyl (C=O) groups is 1. The second-order valence-electron chi connectivity index (χ2n) is 6.80. The second kappa shape index (κ2) is 5.97. The highest BCUT2D eigenvalue weighted by Gasteiger charge is 2.35. The molecule has 0 aromatic carbocycles. The number of esters is 1. The van der Waals surface area contributed by atoms with Crippen molar-refractivity contribution in [3.05, 3.63) is 26.6 Å². The number of nitrogens with zero attached hydrogens (tertiary/aromatic N) is 2. The molecule has 0 radical (unpaired) electrons. The number of hydrogen-bond donors (Lipinski definition) is 1. The summed E-state index contributed by atoms with van der Waals surface area (Å²) >= 11 is 1.56. The lowest BCUT2D eigenvalue weighted by Crippen LogP contribution is -2.41. The summed E-state index contributed by atoms with van der Waals surface area (Å²) in [5, 5.41) is 0.681. The van der Waals surface area contributed by atoms with Gasteiger partial charge in [0.2, 0.25) is 5.82 Å². The number of likely N-dealkylation sites (tertiary alicyclic amines) is 1. The third kappa shape index (κ3) is 2.56. The first-order valence-corrected chi connectivity index (χ1v) is 9.28. The molecule has 2 aromatic heterocycles. The molecule has 0 bridgehead atoms. The maximum absolute atomic E-state index is 12.5. The number of ether oxygens (including phenoxy) is 1. The van der Waals surface area contributed by atoms with Gasteiger partial charge >= 0.3 is 5.97 Å². The predicted molar refractivity (Wildman–Crippen MR) is 92.7 cm³/mol. The van der Waals surface area contributed by atoms with Crippen LogP contribution >= 0.6 is 11.3 Å². The molecule has 24 heavy (non-hydrogen) atoms. The van der Waals surface area contributed by atoms with Crippen LogP contribution in [0.3, 0.4) is 0 Å². The molecular formula is C17H21N3O3S. The number of fused-ring (bicyclic) bond motifs is 4. The summed E-state index contributed by atoms with van der Waals surface area (Å²) in [6.07, 6.45) is 3.15. The lowest BCUT2D eigenvalue weighted by molar-refractivity contribution is 0.0512. The second-order valence-corrected chi connectivity index (χ2v) is 7.88. The average molecular weight is 347 g/mol. The Morgan fingerprint density at radius 3 is 3.04 bits per heavy atom. The molecule has 4 rings (SSSR count). The van der Waals surface area contributed by atoms with Gasteiger partial charge in [-0.25, -0.2) is 9.78 Å². The van der Waals surface area contributed by atoms with Crippen molar-refractivity contribution in [2.45, 2.75) is 26.2 Å². The molecule has 1 fully saturated rings. The quantitative estimate of drug-likeness (QED) is 0.839. The fourth-order valence-corrected chi connectivity index (χ4v) is 5.34. The molecule has 3 heterocycles. The van der Waals surface area contributed by atoms with E-state index in [-0.39, 0.29) is 18.0 Å². The van der Waals surface area contributed by atoms with E-state index in [1.165, 1.54) is 11.3 Å². The maximum atomic E-state index is 12.5. The normalized spacial score (nSPS) is 23.8. The van der Waals surface area contributed by atoms with E-state index in [1.54, 1.807) is 18.3 Å². The van der Waals surface area contributed by atoms with Gasteiger partial charge in [0.05, 0.1) is 12.0 Å². The molecule has 2 unspecified atom stereocenters. The Morgan fingerprint density at radius 1 is 1.42 bits per heavy atom. The Labute approximate surface area is 143 Å². The minimum atomic E-state index is -0.571. The van der Waals surface area contributed by atoms with E-state index >= 15 is 0 Å². The van der Waals surface area contributed by atoms with Crippen LogP contribution in [-0.4, -0.2) is 47.6 Å². The van der Waals surface area contributed by atoms with Crippen LogP contribution in [0, 0.1) is 11.8 Å². The van der Waals surface area contributed by atoms with Gasteiger partial charge in [-0.1, -0.05) is 0 Å². The van der Waals surface area contributed by atoms with Gasteiger partial charge in [-0.05, 0) is 57.2 Å². The van der Waals surface area contributed by atoms with Gasteiger partial charge in [0, 0.05) is 11.4 Å². The molecule has 0 amide bonds. The first-order chi connectivity index (χ1) is 11.6. The third-order valence-electron chi connectivity index (χ3n) is 5.22. The van der Waals surface area contributed by atoms with Crippen molar-refractivity contribution in [2.75, 3.05) is 26.7 Å². The summed E-state index contributed by atoms with van der Waals surface area (Å²) in [4.78, 5) is 35.7. The van der Waals surface area contributed by atoms with Gasteiger partial charge in [0.1, 0.15) is 4.83 Å². The van der Waals surface area contributed by atoms with Crippen molar-refractivity contribution in [3.8, 4) is 0 Å². The third-order valence-corrected chi connectivity index (χ3v) is 6.37. The minimum absolute atomic E-state index is 0.00472. The lowest BCUT2D eigenvalue weighted by atomic mass is 9.74. The van der Waals surface area contributed by atoms with Crippen molar-refractivity contribution < 1.29 is 9.53 Å². The number of aromatic amines is 1. The van der Waals surface area contributed by atoms with Crippen LogP contribution < -0.4 is 5.56 Å². The molecule has 1 aliphatic carbocycles. The van der Waals surface area contributed by atoms with Crippen LogP contribution in [0.1, 0.15) is 34.4 Å². The summed E-state index contributed by atoms with van der Waals surface area (Å²) in [6.45, 7) is 4.24. The van der Waals surface area contributed by atoms with Crippen LogP contribution in [0.2, 0.25) is 0 Å².